The zero-order valence-corrected chi connectivity index (χ0v) is 21.4. The van der Waals surface area contributed by atoms with E-state index in [0.717, 1.165) is 12.8 Å². The highest BCUT2D eigenvalue weighted by Crippen LogP contribution is 2.58. The van der Waals surface area contributed by atoms with Gasteiger partial charge in [-0.3, -0.25) is 14.4 Å². The number of hydrogen-bond acceptors (Lipinski definition) is 5. The van der Waals surface area contributed by atoms with Crippen LogP contribution in [0.2, 0.25) is 0 Å². The van der Waals surface area contributed by atoms with Gasteiger partial charge in [-0.2, -0.15) is 0 Å². The van der Waals surface area contributed by atoms with Gasteiger partial charge in [0.25, 0.3) is 0 Å². The zero-order valence-electron chi connectivity index (χ0n) is 21.4. The number of fused-ring (bicyclic) bond motifs is 1. The highest BCUT2D eigenvalue weighted by atomic mass is 16.5. The Kier molecular flexibility index (Phi) is 7.54. The van der Waals surface area contributed by atoms with Crippen LogP contribution in [0.4, 0.5) is 0 Å². The Labute approximate surface area is 203 Å². The summed E-state index contributed by atoms with van der Waals surface area (Å²) in [4.78, 5) is 43.5. The summed E-state index contributed by atoms with van der Waals surface area (Å²) in [5.41, 5.74) is -1.64. The fraction of sp³-hybridized carbons (Fsp3) is 0.808. The maximum absolute atomic E-state index is 14.3. The summed E-state index contributed by atoms with van der Waals surface area (Å²) in [5.74, 6) is -3.28. The van der Waals surface area contributed by atoms with Crippen LogP contribution in [0, 0.1) is 17.3 Å². The summed E-state index contributed by atoms with van der Waals surface area (Å²) >= 11 is 0. The first-order chi connectivity index (χ1) is 15.8. The molecule has 0 aromatic heterocycles. The third kappa shape index (κ3) is 4.63. The van der Waals surface area contributed by atoms with Crippen molar-refractivity contribution in [2.24, 2.45) is 17.3 Å². The summed E-state index contributed by atoms with van der Waals surface area (Å²) in [6.45, 7) is 15.1. The maximum Gasteiger partial charge on any atom is 0.310 e. The van der Waals surface area contributed by atoms with Crippen LogP contribution in [0.15, 0.2) is 12.7 Å². The molecule has 8 heteroatoms. The molecule has 3 aliphatic heterocycles. The summed E-state index contributed by atoms with van der Waals surface area (Å²) in [6.07, 6.45) is 4.92. The van der Waals surface area contributed by atoms with E-state index in [9.17, 15) is 19.5 Å². The minimum absolute atomic E-state index is 0.0315. The fourth-order valence-corrected chi connectivity index (χ4v) is 6.83. The molecular weight excluding hydrogens is 436 g/mol. The van der Waals surface area contributed by atoms with Crippen LogP contribution >= 0.6 is 0 Å². The number of nitrogens with zero attached hydrogens (tertiary/aromatic N) is 2. The van der Waals surface area contributed by atoms with E-state index >= 15 is 0 Å². The molecule has 192 valence electrons. The van der Waals surface area contributed by atoms with Crippen LogP contribution in [-0.2, 0) is 19.1 Å². The number of aliphatic hydroxyl groups is 1. The van der Waals surface area contributed by atoms with E-state index < -0.39 is 41.1 Å². The Balaban J connectivity index is 2.01. The number of unbranched alkanes of at least 4 members (excludes halogenated alkanes) is 2. The Hall–Kier alpha value is -1.93. The van der Waals surface area contributed by atoms with Crippen LogP contribution in [-0.4, -0.2) is 80.8 Å². The van der Waals surface area contributed by atoms with Crippen molar-refractivity contribution in [2.45, 2.75) is 96.4 Å². The molecule has 3 fully saturated rings. The molecule has 3 heterocycles. The van der Waals surface area contributed by atoms with E-state index in [-0.39, 0.29) is 23.8 Å². The second-order valence-electron chi connectivity index (χ2n) is 12.0. The molecule has 34 heavy (non-hydrogen) atoms. The standard InChI is InChI=1S/C26H42N2O6/c1-7-13-28(25(5,6)16-24(2,3)4)22(31)20-26-12-11-17(34-26)18(23(32)33)19(26)21(30)27(20)14-9-8-10-15-29/h7,17-20,29H,1,8-16H2,2-6H3,(H,32,33)/t17-,18+,19+,20-,26+/m1/s1. The van der Waals surface area contributed by atoms with E-state index in [4.69, 9.17) is 9.84 Å². The molecule has 0 aliphatic carbocycles. The molecule has 5 atom stereocenters. The van der Waals surface area contributed by atoms with Gasteiger partial charge in [-0.05, 0) is 57.8 Å². The molecule has 0 aromatic rings. The van der Waals surface area contributed by atoms with Crippen molar-refractivity contribution < 1.29 is 29.3 Å². The highest BCUT2D eigenvalue weighted by molar-refractivity contribution is 5.98. The minimum atomic E-state index is -1.10. The lowest BCUT2D eigenvalue weighted by molar-refractivity contribution is -0.153. The number of rotatable bonds is 11. The molecule has 0 aromatic carbocycles. The number of hydrogen-bond donors (Lipinski definition) is 2. The number of ether oxygens (including phenoxy) is 1. The van der Waals surface area contributed by atoms with E-state index in [2.05, 4.69) is 27.4 Å². The Bertz CT molecular complexity index is 819. The van der Waals surface area contributed by atoms with Crippen molar-refractivity contribution in [3.05, 3.63) is 12.7 Å². The number of aliphatic hydroxyl groups excluding tert-OH is 1. The second-order valence-corrected chi connectivity index (χ2v) is 12.0. The molecule has 1 spiro atoms. The van der Waals surface area contributed by atoms with E-state index in [1.165, 1.54) is 0 Å². The monoisotopic (exact) mass is 478 g/mol. The predicted octanol–water partition coefficient (Wildman–Crippen LogP) is 2.84. The van der Waals surface area contributed by atoms with Crippen LogP contribution in [0.5, 0.6) is 0 Å². The maximum atomic E-state index is 14.3. The molecule has 2 bridgehead atoms. The molecule has 0 radical (unpaired) electrons. The number of likely N-dealkylation sites (tertiary alicyclic amines) is 1. The first-order valence-electron chi connectivity index (χ1n) is 12.5. The van der Waals surface area contributed by atoms with Crippen LogP contribution in [0.3, 0.4) is 0 Å². The Morgan fingerprint density at radius 2 is 1.91 bits per heavy atom. The van der Waals surface area contributed by atoms with Gasteiger partial charge in [-0.15, -0.1) is 6.58 Å². The molecule has 2 amide bonds. The first-order valence-corrected chi connectivity index (χ1v) is 12.5. The quantitative estimate of drug-likeness (QED) is 0.349. The van der Waals surface area contributed by atoms with Gasteiger partial charge in [0.1, 0.15) is 11.6 Å². The van der Waals surface area contributed by atoms with Crippen LogP contribution in [0.1, 0.15) is 73.1 Å². The van der Waals surface area contributed by atoms with E-state index in [0.29, 0.717) is 38.8 Å². The average molecular weight is 479 g/mol. The molecule has 3 saturated heterocycles. The number of carbonyl (C=O) groups is 3. The number of aliphatic carboxylic acids is 1. The van der Waals surface area contributed by atoms with Crippen molar-refractivity contribution >= 4 is 17.8 Å². The third-order valence-electron chi connectivity index (χ3n) is 7.65. The van der Waals surface area contributed by atoms with Crippen molar-refractivity contribution in [3.8, 4) is 0 Å². The zero-order chi connectivity index (χ0) is 25.5. The lowest BCUT2D eigenvalue weighted by Crippen LogP contribution is -2.61. The lowest BCUT2D eigenvalue weighted by atomic mass is 9.70. The predicted molar refractivity (Wildman–Crippen MR) is 128 cm³/mol. The molecular formula is C26H42N2O6. The summed E-state index contributed by atoms with van der Waals surface area (Å²) < 4.78 is 6.30. The number of carbonyl (C=O) groups excluding carboxylic acids is 2. The van der Waals surface area contributed by atoms with Crippen LogP contribution in [0.25, 0.3) is 0 Å². The largest absolute Gasteiger partial charge is 0.481 e. The molecule has 0 saturated carbocycles. The smallest absolute Gasteiger partial charge is 0.310 e. The van der Waals surface area contributed by atoms with Crippen molar-refractivity contribution in [3.63, 3.8) is 0 Å². The van der Waals surface area contributed by atoms with E-state index in [1.54, 1.807) is 15.9 Å². The number of amides is 2. The van der Waals surface area contributed by atoms with Crippen LogP contribution < -0.4 is 0 Å². The van der Waals surface area contributed by atoms with Gasteiger partial charge in [-0.25, -0.2) is 0 Å². The molecule has 0 unspecified atom stereocenters. The minimum Gasteiger partial charge on any atom is -0.481 e. The van der Waals surface area contributed by atoms with Gasteiger partial charge in [0.05, 0.1) is 17.9 Å². The first kappa shape index (κ1) is 26.7. The van der Waals surface area contributed by atoms with Gasteiger partial charge >= 0.3 is 5.97 Å². The van der Waals surface area contributed by atoms with Gasteiger partial charge < -0.3 is 24.7 Å². The topological polar surface area (TPSA) is 107 Å². The molecule has 3 rings (SSSR count). The Morgan fingerprint density at radius 1 is 1.24 bits per heavy atom. The number of carboxylic acids is 1. The summed E-state index contributed by atoms with van der Waals surface area (Å²) in [5, 5.41) is 19.1. The molecule has 2 N–H and O–H groups in total. The van der Waals surface area contributed by atoms with Crippen molar-refractivity contribution in [2.75, 3.05) is 19.7 Å². The second kappa shape index (κ2) is 9.61. The van der Waals surface area contributed by atoms with Gasteiger partial charge in [-0.1, -0.05) is 26.8 Å². The summed E-state index contributed by atoms with van der Waals surface area (Å²) in [6, 6.07) is -0.854. The lowest BCUT2D eigenvalue weighted by Gasteiger charge is -2.45. The summed E-state index contributed by atoms with van der Waals surface area (Å²) in [7, 11) is 0. The van der Waals surface area contributed by atoms with Gasteiger partial charge in [0, 0.05) is 25.2 Å². The Morgan fingerprint density at radius 3 is 2.47 bits per heavy atom. The SMILES string of the molecule is C=CCN(C(=O)[C@H]1N(CCCCCO)C(=O)[C@@H]2[C@@H](C(=O)O)[C@H]3CC[C@]21O3)C(C)(C)CC(C)(C)C. The van der Waals surface area contributed by atoms with Crippen molar-refractivity contribution in [1.29, 1.82) is 0 Å². The third-order valence-corrected chi connectivity index (χ3v) is 7.65. The number of carboxylic acid groups (broad SMARTS) is 1. The fourth-order valence-electron chi connectivity index (χ4n) is 6.83. The van der Waals surface area contributed by atoms with Gasteiger partial charge in [0.15, 0.2) is 0 Å². The van der Waals surface area contributed by atoms with Gasteiger partial charge in [0.2, 0.25) is 11.8 Å². The molecule has 8 nitrogen and oxygen atoms in total. The molecule has 3 aliphatic rings. The highest BCUT2D eigenvalue weighted by Gasteiger charge is 2.75. The normalized spacial score (nSPS) is 30.5. The average Bonchev–Trinajstić information content (AvgIpc) is 3.34. The van der Waals surface area contributed by atoms with E-state index in [1.807, 2.05) is 13.8 Å². The van der Waals surface area contributed by atoms with Crippen molar-refractivity contribution in [1.82, 2.24) is 9.80 Å².